The lowest BCUT2D eigenvalue weighted by molar-refractivity contribution is 0.324. The molecule has 0 saturated heterocycles. The van der Waals surface area contributed by atoms with Gasteiger partial charge in [0.15, 0.2) is 0 Å². The van der Waals surface area contributed by atoms with E-state index in [1.807, 2.05) is 0 Å². The van der Waals surface area contributed by atoms with Gasteiger partial charge in [-0.3, -0.25) is 4.18 Å². The fourth-order valence-electron chi connectivity index (χ4n) is 1.22. The highest BCUT2D eigenvalue weighted by Crippen LogP contribution is 2.14. The Kier molecular flexibility index (Phi) is 5.45. The van der Waals surface area contributed by atoms with E-state index in [1.54, 1.807) is 30.3 Å². The van der Waals surface area contributed by atoms with Gasteiger partial charge in [-0.2, -0.15) is 13.4 Å². The molecule has 0 saturated carbocycles. The first-order valence-electron chi connectivity index (χ1n) is 5.22. The van der Waals surface area contributed by atoms with Crippen molar-refractivity contribution in [3.05, 3.63) is 42.5 Å². The van der Waals surface area contributed by atoms with E-state index in [0.717, 1.165) is 0 Å². The van der Waals surface area contributed by atoms with E-state index >= 15 is 0 Å². The minimum atomic E-state index is -3.59. The maximum atomic E-state index is 11.5. The Hall–Kier alpha value is -1.75. The van der Waals surface area contributed by atoms with Crippen LogP contribution in [0, 0.1) is 0 Å². The summed E-state index contributed by atoms with van der Waals surface area (Å²) in [5.74, 6) is -0.213. The molecule has 96 valence electrons. The summed E-state index contributed by atoms with van der Waals surface area (Å²) in [5.41, 5.74) is 0.997. The summed E-state index contributed by atoms with van der Waals surface area (Å²) in [4.78, 5) is 13.4. The third-order valence-corrected chi connectivity index (χ3v) is 3.25. The molecule has 5 nitrogen and oxygen atoms in total. The zero-order valence-electron chi connectivity index (χ0n) is 9.70. The van der Waals surface area contributed by atoms with Crippen molar-refractivity contribution < 1.29 is 17.4 Å². The number of nitrogens with zero attached hydrogens (tertiary/aromatic N) is 1. The van der Waals surface area contributed by atoms with Crippen LogP contribution in [0.25, 0.3) is 0 Å². The highest BCUT2D eigenvalue weighted by molar-refractivity contribution is 7.85. The molecule has 1 aromatic carbocycles. The summed E-state index contributed by atoms with van der Waals surface area (Å²) in [6, 6.07) is 6.23. The van der Waals surface area contributed by atoms with E-state index < -0.39 is 10.1 Å². The van der Waals surface area contributed by atoms with Crippen molar-refractivity contribution in [2.45, 2.75) is 12.2 Å². The first-order chi connectivity index (χ1) is 8.57. The fraction of sp³-hybridized carbons (Fsp3) is 0.250. The molecule has 0 fully saturated rings. The molecule has 0 aliphatic carbocycles. The van der Waals surface area contributed by atoms with Gasteiger partial charge < -0.3 is 0 Å². The number of isocyanates is 1. The monoisotopic (exact) mass is 267 g/mol. The Morgan fingerprint density at radius 1 is 1.33 bits per heavy atom. The fourth-order valence-corrected chi connectivity index (χ4v) is 2.26. The molecule has 6 heteroatoms. The van der Waals surface area contributed by atoms with E-state index in [1.165, 1.54) is 6.08 Å². The molecule has 0 radical (unpaired) electrons. The van der Waals surface area contributed by atoms with E-state index in [9.17, 15) is 13.2 Å². The van der Waals surface area contributed by atoms with Crippen LogP contribution in [0.4, 0.5) is 5.69 Å². The summed E-state index contributed by atoms with van der Waals surface area (Å²) < 4.78 is 27.9. The zero-order chi connectivity index (χ0) is 13.4. The van der Waals surface area contributed by atoms with Crippen LogP contribution in [0.2, 0.25) is 0 Å². The molecular weight excluding hydrogens is 254 g/mol. The lowest BCUT2D eigenvalue weighted by Gasteiger charge is -2.04. The first kappa shape index (κ1) is 14.3. The second-order valence-corrected chi connectivity index (χ2v) is 5.11. The van der Waals surface area contributed by atoms with Crippen molar-refractivity contribution in [3.63, 3.8) is 0 Å². The van der Waals surface area contributed by atoms with Gasteiger partial charge in [0.2, 0.25) is 6.08 Å². The Morgan fingerprint density at radius 2 is 2.00 bits per heavy atom. The Balaban J connectivity index is 2.66. The van der Waals surface area contributed by atoms with E-state index in [0.29, 0.717) is 17.7 Å². The third-order valence-electron chi connectivity index (χ3n) is 2.04. The highest BCUT2D eigenvalue weighted by atomic mass is 32.2. The normalized spacial score (nSPS) is 10.7. The molecule has 0 bridgehead atoms. The Morgan fingerprint density at radius 3 is 2.56 bits per heavy atom. The van der Waals surface area contributed by atoms with Crippen LogP contribution < -0.4 is 0 Å². The lowest BCUT2D eigenvalue weighted by Crippen LogP contribution is -2.09. The SMILES string of the molecule is C=CCCOS(=O)(=O)Cc1ccc(N=C=O)cc1. The highest BCUT2D eigenvalue weighted by Gasteiger charge is 2.11. The van der Waals surface area contributed by atoms with Crippen LogP contribution >= 0.6 is 0 Å². The summed E-state index contributed by atoms with van der Waals surface area (Å²) in [7, 11) is -3.59. The molecular formula is C12H13NO4S. The maximum Gasteiger partial charge on any atom is 0.271 e. The second-order valence-electron chi connectivity index (χ2n) is 3.47. The van der Waals surface area contributed by atoms with Crippen molar-refractivity contribution in [3.8, 4) is 0 Å². The van der Waals surface area contributed by atoms with Crippen molar-refractivity contribution in [2.24, 2.45) is 4.99 Å². The smallest absolute Gasteiger partial charge is 0.270 e. The lowest BCUT2D eigenvalue weighted by atomic mass is 10.2. The predicted octanol–water partition coefficient (Wildman–Crippen LogP) is 2.08. The molecule has 18 heavy (non-hydrogen) atoms. The molecule has 1 aromatic rings. The molecule has 0 aliphatic rings. The van der Waals surface area contributed by atoms with Gasteiger partial charge in [0.1, 0.15) is 5.75 Å². The molecule has 0 heterocycles. The topological polar surface area (TPSA) is 72.8 Å². The number of rotatable bonds is 7. The minimum Gasteiger partial charge on any atom is -0.270 e. The standard InChI is InChI=1S/C12H13NO4S/c1-2-3-8-17-18(15,16)9-11-4-6-12(7-5-11)13-10-14/h2,4-7H,1,3,8-9H2. The predicted molar refractivity (Wildman–Crippen MR) is 67.6 cm³/mol. The second kappa shape index (κ2) is 6.86. The maximum absolute atomic E-state index is 11.5. The van der Waals surface area contributed by atoms with Crippen LogP contribution in [-0.2, 0) is 24.8 Å². The molecule has 0 atom stereocenters. The third kappa shape index (κ3) is 5.05. The van der Waals surface area contributed by atoms with Crippen LogP contribution in [0.3, 0.4) is 0 Å². The van der Waals surface area contributed by atoms with Gasteiger partial charge in [0.25, 0.3) is 10.1 Å². The van der Waals surface area contributed by atoms with Gasteiger partial charge in [-0.1, -0.05) is 18.2 Å². The quantitative estimate of drug-likeness (QED) is 0.249. The van der Waals surface area contributed by atoms with Crippen LogP contribution in [0.1, 0.15) is 12.0 Å². The molecule has 0 unspecified atom stereocenters. The summed E-state index contributed by atoms with van der Waals surface area (Å²) in [5, 5.41) is 0. The van der Waals surface area contributed by atoms with Gasteiger partial charge in [-0.05, 0) is 24.1 Å². The van der Waals surface area contributed by atoms with Gasteiger partial charge in [-0.15, -0.1) is 6.58 Å². The molecule has 0 aliphatic heterocycles. The molecule has 0 spiro atoms. The number of aliphatic imine (C=N–C) groups is 1. The summed E-state index contributed by atoms with van der Waals surface area (Å²) in [6.45, 7) is 3.57. The van der Waals surface area contributed by atoms with Gasteiger partial charge in [0, 0.05) is 0 Å². The average Bonchev–Trinajstić information content (AvgIpc) is 2.32. The summed E-state index contributed by atoms with van der Waals surface area (Å²) >= 11 is 0. The van der Waals surface area contributed by atoms with Gasteiger partial charge in [0.05, 0.1) is 12.3 Å². The van der Waals surface area contributed by atoms with E-state index in [-0.39, 0.29) is 12.4 Å². The Bertz CT molecular complexity index is 542. The van der Waals surface area contributed by atoms with Crippen molar-refractivity contribution >= 4 is 21.9 Å². The van der Waals surface area contributed by atoms with E-state index in [4.69, 9.17) is 4.18 Å². The van der Waals surface area contributed by atoms with Gasteiger partial charge >= 0.3 is 0 Å². The molecule has 0 amide bonds. The van der Waals surface area contributed by atoms with Crippen molar-refractivity contribution in [1.29, 1.82) is 0 Å². The van der Waals surface area contributed by atoms with Crippen molar-refractivity contribution in [2.75, 3.05) is 6.61 Å². The average molecular weight is 267 g/mol. The molecule has 0 aromatic heterocycles. The zero-order valence-corrected chi connectivity index (χ0v) is 10.5. The van der Waals surface area contributed by atoms with Crippen LogP contribution in [-0.4, -0.2) is 21.1 Å². The molecule has 0 N–H and O–H groups in total. The summed E-state index contributed by atoms with van der Waals surface area (Å²) in [6.07, 6.45) is 3.47. The van der Waals surface area contributed by atoms with Crippen molar-refractivity contribution in [1.82, 2.24) is 0 Å². The number of benzene rings is 1. The first-order valence-corrected chi connectivity index (χ1v) is 6.80. The van der Waals surface area contributed by atoms with Crippen LogP contribution in [0.15, 0.2) is 41.9 Å². The molecule has 1 rings (SSSR count). The number of carbonyl (C=O) groups excluding carboxylic acids is 1. The number of hydrogen-bond acceptors (Lipinski definition) is 5. The van der Waals surface area contributed by atoms with Gasteiger partial charge in [-0.25, -0.2) is 4.79 Å². The Labute approximate surface area is 106 Å². The largest absolute Gasteiger partial charge is 0.271 e. The van der Waals surface area contributed by atoms with Crippen LogP contribution in [0.5, 0.6) is 0 Å². The van der Waals surface area contributed by atoms with E-state index in [2.05, 4.69) is 11.6 Å². The number of hydrogen-bond donors (Lipinski definition) is 0. The minimum absolute atomic E-state index is 0.0966.